The highest BCUT2D eigenvalue weighted by Crippen LogP contribution is 2.31. The molecule has 17 heavy (non-hydrogen) atoms. The lowest BCUT2D eigenvalue weighted by Crippen LogP contribution is -1.91. The number of nitrogens with zero attached hydrogens (tertiary/aromatic N) is 4. The van der Waals surface area contributed by atoms with Crippen LogP contribution in [0, 0.1) is 6.92 Å². The minimum absolute atomic E-state index is 0.0586. The summed E-state index contributed by atoms with van der Waals surface area (Å²) in [6.45, 7) is 5.96. The fourth-order valence-corrected chi connectivity index (χ4v) is 2.14. The van der Waals surface area contributed by atoms with Gasteiger partial charge in [-0.05, 0) is 20.3 Å². The van der Waals surface area contributed by atoms with Gasteiger partial charge in [0.15, 0.2) is 5.82 Å². The Bertz CT molecular complexity index is 481. The van der Waals surface area contributed by atoms with E-state index in [2.05, 4.69) is 32.2 Å². The Labute approximate surface area is 104 Å². The number of H-pyrrole nitrogens is 1. The molecule has 1 N–H and O–H groups in total. The summed E-state index contributed by atoms with van der Waals surface area (Å²) in [5, 5.41) is 11.5. The van der Waals surface area contributed by atoms with E-state index < -0.39 is 0 Å². The summed E-state index contributed by atoms with van der Waals surface area (Å²) in [6, 6.07) is 0. The summed E-state index contributed by atoms with van der Waals surface area (Å²) < 4.78 is 5.21. The molecule has 2 heterocycles. The lowest BCUT2D eigenvalue weighted by Gasteiger charge is -2.00. The van der Waals surface area contributed by atoms with Gasteiger partial charge in [0.25, 0.3) is 0 Å². The van der Waals surface area contributed by atoms with Crippen LogP contribution in [0.4, 0.5) is 0 Å². The van der Waals surface area contributed by atoms with Crippen molar-refractivity contribution >= 4 is 11.8 Å². The molecule has 0 aliphatic carbocycles. The van der Waals surface area contributed by atoms with Gasteiger partial charge < -0.3 is 4.52 Å². The van der Waals surface area contributed by atoms with Crippen LogP contribution in [0.1, 0.15) is 43.1 Å². The zero-order valence-corrected chi connectivity index (χ0v) is 10.9. The fraction of sp³-hybridized carbons (Fsp3) is 0.600. The number of nitrogens with one attached hydrogen (secondary N) is 1. The van der Waals surface area contributed by atoms with Crippen molar-refractivity contribution < 1.29 is 4.52 Å². The number of thioether (sulfide) groups is 1. The molecule has 0 saturated heterocycles. The van der Waals surface area contributed by atoms with Gasteiger partial charge in [-0.2, -0.15) is 4.98 Å². The Morgan fingerprint density at radius 2 is 2.24 bits per heavy atom. The Kier molecular flexibility index (Phi) is 3.78. The third-order valence-electron chi connectivity index (χ3n) is 2.16. The zero-order chi connectivity index (χ0) is 12.3. The maximum Gasteiger partial charge on any atom is 0.239 e. The SMILES string of the molecule is CCCc1noc(C(C)Sc2n[nH]c(C)n2)n1. The summed E-state index contributed by atoms with van der Waals surface area (Å²) in [7, 11) is 0. The van der Waals surface area contributed by atoms with E-state index in [1.54, 1.807) is 0 Å². The first kappa shape index (κ1) is 12.1. The van der Waals surface area contributed by atoms with Crippen LogP contribution < -0.4 is 0 Å². The van der Waals surface area contributed by atoms with Gasteiger partial charge in [-0.25, -0.2) is 4.98 Å². The molecule has 0 fully saturated rings. The highest BCUT2D eigenvalue weighted by atomic mass is 32.2. The number of aryl methyl sites for hydroxylation is 2. The van der Waals surface area contributed by atoms with E-state index in [9.17, 15) is 0 Å². The molecular formula is C10H15N5OS. The molecule has 2 aromatic heterocycles. The summed E-state index contributed by atoms with van der Waals surface area (Å²) in [5.74, 6) is 2.19. The second kappa shape index (κ2) is 5.31. The third kappa shape index (κ3) is 3.06. The van der Waals surface area contributed by atoms with E-state index in [4.69, 9.17) is 4.52 Å². The van der Waals surface area contributed by atoms with Crippen LogP contribution >= 0.6 is 11.8 Å². The number of aromatic nitrogens is 5. The molecule has 2 rings (SSSR count). The Hall–Kier alpha value is -1.37. The largest absolute Gasteiger partial charge is 0.338 e. The second-order valence-electron chi connectivity index (χ2n) is 3.76. The number of hydrogen-bond acceptors (Lipinski definition) is 6. The maximum atomic E-state index is 5.21. The number of rotatable bonds is 5. The van der Waals surface area contributed by atoms with Crippen LogP contribution in [0.5, 0.6) is 0 Å². The Morgan fingerprint density at radius 1 is 1.41 bits per heavy atom. The van der Waals surface area contributed by atoms with Crippen LogP contribution in [-0.2, 0) is 6.42 Å². The van der Waals surface area contributed by atoms with Crippen LogP contribution in [0.3, 0.4) is 0 Å². The van der Waals surface area contributed by atoms with Crippen molar-refractivity contribution in [1.82, 2.24) is 25.3 Å². The van der Waals surface area contributed by atoms with Crippen LogP contribution in [0.2, 0.25) is 0 Å². The van der Waals surface area contributed by atoms with Gasteiger partial charge in [0.1, 0.15) is 5.82 Å². The molecule has 92 valence electrons. The van der Waals surface area contributed by atoms with E-state index in [1.165, 1.54) is 11.8 Å². The van der Waals surface area contributed by atoms with E-state index in [-0.39, 0.29) is 5.25 Å². The van der Waals surface area contributed by atoms with Gasteiger partial charge in [0, 0.05) is 6.42 Å². The van der Waals surface area contributed by atoms with E-state index >= 15 is 0 Å². The standard InChI is InChI=1S/C10H15N5OS/c1-4-5-8-12-9(16-15-8)6(2)17-10-11-7(3)13-14-10/h6H,4-5H2,1-3H3,(H,11,13,14). The minimum Gasteiger partial charge on any atom is -0.338 e. The van der Waals surface area contributed by atoms with Gasteiger partial charge in [-0.1, -0.05) is 23.8 Å². The summed E-state index contributed by atoms with van der Waals surface area (Å²) in [6.07, 6.45) is 1.86. The molecule has 0 aromatic carbocycles. The first-order chi connectivity index (χ1) is 8.19. The van der Waals surface area contributed by atoms with Crippen LogP contribution in [-0.4, -0.2) is 25.3 Å². The average Bonchev–Trinajstić information content (AvgIpc) is 2.88. The normalized spacial score (nSPS) is 12.9. The number of aromatic amines is 1. The summed E-state index contributed by atoms with van der Waals surface area (Å²) >= 11 is 1.50. The van der Waals surface area contributed by atoms with Gasteiger partial charge in [0.2, 0.25) is 11.0 Å². The van der Waals surface area contributed by atoms with Crippen molar-refractivity contribution in [2.45, 2.75) is 44.0 Å². The molecule has 0 saturated carbocycles. The summed E-state index contributed by atoms with van der Waals surface area (Å²) in [4.78, 5) is 8.56. The van der Waals surface area contributed by atoms with Gasteiger partial charge in [-0.3, -0.25) is 5.10 Å². The molecule has 0 aliphatic rings. The molecule has 0 spiro atoms. The highest BCUT2D eigenvalue weighted by Gasteiger charge is 2.17. The monoisotopic (exact) mass is 253 g/mol. The van der Waals surface area contributed by atoms with Crippen molar-refractivity contribution in [3.8, 4) is 0 Å². The van der Waals surface area contributed by atoms with Crippen molar-refractivity contribution in [3.05, 3.63) is 17.5 Å². The molecule has 7 heteroatoms. The zero-order valence-electron chi connectivity index (χ0n) is 10.1. The lowest BCUT2D eigenvalue weighted by molar-refractivity contribution is 0.374. The highest BCUT2D eigenvalue weighted by molar-refractivity contribution is 7.99. The first-order valence-corrected chi connectivity index (χ1v) is 6.45. The Balaban J connectivity index is 2.01. The number of hydrogen-bond donors (Lipinski definition) is 1. The fourth-order valence-electron chi connectivity index (χ4n) is 1.34. The minimum atomic E-state index is 0.0586. The molecule has 1 atom stereocenters. The maximum absolute atomic E-state index is 5.21. The van der Waals surface area contributed by atoms with Crippen LogP contribution in [0.15, 0.2) is 9.68 Å². The molecular weight excluding hydrogens is 238 g/mol. The molecule has 0 amide bonds. The predicted octanol–water partition coefficient (Wildman–Crippen LogP) is 2.30. The average molecular weight is 253 g/mol. The molecule has 0 bridgehead atoms. The quantitative estimate of drug-likeness (QED) is 0.823. The van der Waals surface area contributed by atoms with E-state index in [0.717, 1.165) is 24.5 Å². The van der Waals surface area contributed by atoms with E-state index in [0.29, 0.717) is 11.0 Å². The predicted molar refractivity (Wildman–Crippen MR) is 63.7 cm³/mol. The molecule has 6 nitrogen and oxygen atoms in total. The third-order valence-corrected chi connectivity index (χ3v) is 3.11. The van der Waals surface area contributed by atoms with Gasteiger partial charge >= 0.3 is 0 Å². The van der Waals surface area contributed by atoms with Gasteiger partial charge in [0.05, 0.1) is 5.25 Å². The van der Waals surface area contributed by atoms with Crippen molar-refractivity contribution in [2.24, 2.45) is 0 Å². The second-order valence-corrected chi connectivity index (χ2v) is 5.07. The van der Waals surface area contributed by atoms with Gasteiger partial charge in [-0.15, -0.1) is 5.10 Å². The lowest BCUT2D eigenvalue weighted by atomic mass is 10.3. The summed E-state index contributed by atoms with van der Waals surface area (Å²) in [5.41, 5.74) is 0. The molecule has 0 radical (unpaired) electrons. The molecule has 1 unspecified atom stereocenters. The smallest absolute Gasteiger partial charge is 0.239 e. The van der Waals surface area contributed by atoms with Crippen molar-refractivity contribution in [1.29, 1.82) is 0 Å². The van der Waals surface area contributed by atoms with Crippen LogP contribution in [0.25, 0.3) is 0 Å². The molecule has 2 aromatic rings. The van der Waals surface area contributed by atoms with E-state index in [1.807, 2.05) is 13.8 Å². The van der Waals surface area contributed by atoms with Crippen molar-refractivity contribution in [2.75, 3.05) is 0 Å². The Morgan fingerprint density at radius 3 is 2.88 bits per heavy atom. The first-order valence-electron chi connectivity index (χ1n) is 5.57. The topological polar surface area (TPSA) is 80.5 Å². The van der Waals surface area contributed by atoms with Crippen molar-refractivity contribution in [3.63, 3.8) is 0 Å². The molecule has 0 aliphatic heterocycles.